The summed E-state index contributed by atoms with van der Waals surface area (Å²) in [4.78, 5) is 28.3. The molecular weight excluding hydrogens is 468 g/mol. The van der Waals surface area contributed by atoms with Gasteiger partial charge >= 0.3 is 5.97 Å². The van der Waals surface area contributed by atoms with Crippen LogP contribution in [0.1, 0.15) is 56.9 Å². The number of aliphatic hydroxyl groups is 1. The number of likely N-dealkylation sites (N-methyl/N-ethyl adjacent to an activating group) is 1. The van der Waals surface area contributed by atoms with Gasteiger partial charge in [0.25, 0.3) is 0 Å². The molecule has 1 aromatic carbocycles. The van der Waals surface area contributed by atoms with Crippen LogP contribution < -0.4 is 10.1 Å². The summed E-state index contributed by atoms with van der Waals surface area (Å²) in [5.74, 6) is 0.429. The molecule has 1 fully saturated rings. The van der Waals surface area contributed by atoms with Crippen molar-refractivity contribution >= 4 is 11.8 Å². The number of allylic oxidation sites excluding steroid dienone is 5. The molecule has 3 atom stereocenters. The first-order valence-corrected chi connectivity index (χ1v) is 13.1. The van der Waals surface area contributed by atoms with Crippen molar-refractivity contribution in [3.05, 3.63) is 76.7 Å². The van der Waals surface area contributed by atoms with E-state index in [0.717, 1.165) is 42.0 Å². The first-order valence-electron chi connectivity index (χ1n) is 13.1. The van der Waals surface area contributed by atoms with Crippen LogP contribution in [-0.4, -0.2) is 61.2 Å². The number of nitrogens with one attached hydrogen (secondary N) is 1. The zero-order valence-corrected chi connectivity index (χ0v) is 22.0. The monoisotopic (exact) mass is 506 g/mol. The number of carbonyl (C=O) groups excluding carboxylic acids is 2. The first-order chi connectivity index (χ1) is 17.8. The first kappa shape index (κ1) is 26.9. The summed E-state index contributed by atoms with van der Waals surface area (Å²) in [6.45, 7) is 3.57. The second-order valence-electron chi connectivity index (χ2n) is 10.3. The highest BCUT2D eigenvalue weighted by atomic mass is 16.5. The molecule has 198 valence electrons. The van der Waals surface area contributed by atoms with Crippen molar-refractivity contribution in [2.75, 3.05) is 27.2 Å². The smallest absolute Gasteiger partial charge is 0.336 e. The van der Waals surface area contributed by atoms with Gasteiger partial charge in [-0.15, -0.1) is 0 Å². The van der Waals surface area contributed by atoms with Gasteiger partial charge in [0.1, 0.15) is 11.9 Å². The maximum absolute atomic E-state index is 13.4. The molecule has 0 aromatic heterocycles. The number of methoxy groups -OCH3 is 1. The van der Waals surface area contributed by atoms with Crippen molar-refractivity contribution in [1.29, 1.82) is 0 Å². The lowest BCUT2D eigenvalue weighted by molar-refractivity contribution is -0.146. The number of likely N-dealkylation sites (tertiary alicyclic amines) is 1. The van der Waals surface area contributed by atoms with Gasteiger partial charge in [0, 0.05) is 42.8 Å². The summed E-state index contributed by atoms with van der Waals surface area (Å²) < 4.78 is 11.5. The molecule has 1 aliphatic heterocycles. The molecule has 0 saturated carbocycles. The Morgan fingerprint density at radius 1 is 1.24 bits per heavy atom. The highest BCUT2D eigenvalue weighted by molar-refractivity contribution is 5.92. The van der Waals surface area contributed by atoms with Crippen LogP contribution in [0.15, 0.2) is 71.1 Å². The van der Waals surface area contributed by atoms with Crippen LogP contribution in [0.25, 0.3) is 0 Å². The van der Waals surface area contributed by atoms with Gasteiger partial charge in [-0.25, -0.2) is 4.79 Å². The SMILES string of the molecule is COc1ccccc1C1CC(=O)C=C(N/C(C)=C(\CC2=CC(O)CC=C2)C(=O)OC2CCCN(C)C2)C1. The predicted molar refractivity (Wildman–Crippen MR) is 143 cm³/mol. The van der Waals surface area contributed by atoms with Gasteiger partial charge in [0.05, 0.1) is 18.8 Å². The van der Waals surface area contributed by atoms with Gasteiger partial charge < -0.3 is 24.8 Å². The van der Waals surface area contributed by atoms with E-state index in [9.17, 15) is 14.7 Å². The zero-order chi connectivity index (χ0) is 26.4. The number of para-hydroxylation sites is 1. The van der Waals surface area contributed by atoms with Crippen molar-refractivity contribution < 1.29 is 24.2 Å². The number of rotatable bonds is 8. The van der Waals surface area contributed by atoms with Gasteiger partial charge in [-0.2, -0.15) is 0 Å². The van der Waals surface area contributed by atoms with E-state index in [1.54, 1.807) is 19.3 Å². The fraction of sp³-hybridized carbons (Fsp3) is 0.467. The number of nitrogens with zero attached hydrogens (tertiary/aromatic N) is 1. The molecule has 0 spiro atoms. The maximum atomic E-state index is 13.4. The third-order valence-corrected chi connectivity index (χ3v) is 7.23. The van der Waals surface area contributed by atoms with E-state index in [-0.39, 0.29) is 23.8 Å². The Hall–Kier alpha value is -3.16. The fourth-order valence-corrected chi connectivity index (χ4v) is 5.37. The summed E-state index contributed by atoms with van der Waals surface area (Å²) in [7, 11) is 3.67. The second-order valence-corrected chi connectivity index (χ2v) is 10.3. The van der Waals surface area contributed by atoms with E-state index in [1.165, 1.54) is 0 Å². The Morgan fingerprint density at radius 2 is 2.05 bits per heavy atom. The van der Waals surface area contributed by atoms with Crippen LogP contribution in [0.3, 0.4) is 0 Å². The normalized spacial score (nSPS) is 25.1. The van der Waals surface area contributed by atoms with Crippen LogP contribution in [0.4, 0.5) is 0 Å². The van der Waals surface area contributed by atoms with Gasteiger partial charge in [-0.05, 0) is 63.4 Å². The molecule has 1 saturated heterocycles. The van der Waals surface area contributed by atoms with Crippen LogP contribution in [0.5, 0.6) is 5.75 Å². The summed E-state index contributed by atoms with van der Waals surface area (Å²) in [6.07, 6.45) is 10.4. The molecule has 4 rings (SSSR count). The van der Waals surface area contributed by atoms with Gasteiger partial charge in [0.2, 0.25) is 0 Å². The zero-order valence-electron chi connectivity index (χ0n) is 22.0. The molecule has 2 N–H and O–H groups in total. The molecule has 1 aromatic rings. The van der Waals surface area contributed by atoms with Crippen LogP contribution in [0.2, 0.25) is 0 Å². The summed E-state index contributed by atoms with van der Waals surface area (Å²) in [5, 5.41) is 13.5. The standard InChI is InChI=1S/C30H38N2O5/c1-20(31-23-16-22(17-25(34)18-23)27-11-4-5-12-29(27)36-3)28(15-21-8-6-9-24(33)14-21)30(35)37-26-10-7-13-32(2)19-26/h4-6,8,11-12,14,18,22,24,26,31,33H,7,9-10,13,15-17,19H2,1-3H3/b28-20+. The molecule has 7 heteroatoms. The molecule has 0 bridgehead atoms. The minimum absolute atomic E-state index is 0.0174. The minimum atomic E-state index is -0.558. The lowest BCUT2D eigenvalue weighted by Gasteiger charge is -2.30. The molecule has 37 heavy (non-hydrogen) atoms. The lowest BCUT2D eigenvalue weighted by atomic mass is 9.85. The van der Waals surface area contributed by atoms with Crippen molar-refractivity contribution in [3.8, 4) is 5.75 Å². The summed E-state index contributed by atoms with van der Waals surface area (Å²) >= 11 is 0. The Morgan fingerprint density at radius 3 is 2.81 bits per heavy atom. The largest absolute Gasteiger partial charge is 0.496 e. The quantitative estimate of drug-likeness (QED) is 0.404. The molecule has 1 heterocycles. The topological polar surface area (TPSA) is 88.1 Å². The Labute approximate surface area is 219 Å². The van der Waals surface area contributed by atoms with Crippen molar-refractivity contribution in [1.82, 2.24) is 10.2 Å². The van der Waals surface area contributed by atoms with Crippen molar-refractivity contribution in [3.63, 3.8) is 0 Å². The molecule has 7 nitrogen and oxygen atoms in total. The molecule has 3 aliphatic rings. The van der Waals surface area contributed by atoms with E-state index >= 15 is 0 Å². The number of esters is 1. The highest BCUT2D eigenvalue weighted by Crippen LogP contribution is 2.36. The maximum Gasteiger partial charge on any atom is 0.336 e. The number of carbonyl (C=O) groups is 2. The minimum Gasteiger partial charge on any atom is -0.496 e. The van der Waals surface area contributed by atoms with Gasteiger partial charge in [-0.1, -0.05) is 36.4 Å². The molecule has 0 amide bonds. The number of hydrogen-bond acceptors (Lipinski definition) is 7. The third-order valence-electron chi connectivity index (χ3n) is 7.23. The third kappa shape index (κ3) is 7.21. The van der Waals surface area contributed by atoms with Crippen LogP contribution in [0, 0.1) is 0 Å². The average molecular weight is 507 g/mol. The average Bonchev–Trinajstić information content (AvgIpc) is 2.87. The summed E-state index contributed by atoms with van der Waals surface area (Å²) in [5.41, 5.74) is 3.79. The van der Waals surface area contributed by atoms with E-state index in [4.69, 9.17) is 9.47 Å². The second kappa shape index (κ2) is 12.4. The van der Waals surface area contributed by atoms with Gasteiger partial charge in [-0.3, -0.25) is 4.79 Å². The summed E-state index contributed by atoms with van der Waals surface area (Å²) in [6, 6.07) is 7.78. The number of ketones is 1. The number of ether oxygens (including phenoxy) is 2. The number of aliphatic hydroxyl groups excluding tert-OH is 1. The van der Waals surface area contributed by atoms with E-state index in [0.29, 0.717) is 43.5 Å². The van der Waals surface area contributed by atoms with Gasteiger partial charge in [0.15, 0.2) is 5.78 Å². The van der Waals surface area contributed by atoms with E-state index in [2.05, 4.69) is 10.2 Å². The Kier molecular flexibility index (Phi) is 9.00. The Balaban J connectivity index is 1.56. The van der Waals surface area contributed by atoms with Crippen molar-refractivity contribution in [2.45, 2.75) is 63.6 Å². The Bertz CT molecular complexity index is 1130. The molecule has 3 unspecified atom stereocenters. The fourth-order valence-electron chi connectivity index (χ4n) is 5.37. The molecular formula is C30H38N2O5. The van der Waals surface area contributed by atoms with E-state index < -0.39 is 6.10 Å². The molecule has 0 radical (unpaired) electrons. The highest BCUT2D eigenvalue weighted by Gasteiger charge is 2.27. The van der Waals surface area contributed by atoms with E-state index in [1.807, 2.05) is 50.4 Å². The predicted octanol–water partition coefficient (Wildman–Crippen LogP) is 4.16. The van der Waals surface area contributed by atoms with Crippen LogP contribution in [-0.2, 0) is 14.3 Å². The number of benzene rings is 1. The number of hydrogen-bond donors (Lipinski definition) is 2. The van der Waals surface area contributed by atoms with Crippen molar-refractivity contribution in [2.24, 2.45) is 0 Å². The van der Waals surface area contributed by atoms with Crippen LogP contribution >= 0.6 is 0 Å². The molecule has 2 aliphatic carbocycles. The lowest BCUT2D eigenvalue weighted by Crippen LogP contribution is -2.38. The number of piperidine rings is 1.